The molecule has 2 rings (SSSR count). The molecule has 0 atom stereocenters. The van der Waals surface area contributed by atoms with E-state index in [1.54, 1.807) is 12.1 Å². The van der Waals surface area contributed by atoms with Gasteiger partial charge in [-0.3, -0.25) is 0 Å². The van der Waals surface area contributed by atoms with E-state index in [4.69, 9.17) is 5.11 Å². The molecule has 5 nitrogen and oxygen atoms in total. The van der Waals surface area contributed by atoms with Gasteiger partial charge in [-0.05, 0) is 19.2 Å². The summed E-state index contributed by atoms with van der Waals surface area (Å²) in [6.07, 6.45) is 0. The van der Waals surface area contributed by atoms with Crippen molar-refractivity contribution in [2.45, 2.75) is 10.8 Å². The summed E-state index contributed by atoms with van der Waals surface area (Å²) in [7, 11) is -1.38. The molecule has 1 saturated heterocycles. The van der Waals surface area contributed by atoms with E-state index in [0.717, 1.165) is 24.4 Å². The number of likely N-dealkylation sites (N-methyl/N-ethyl adjacent to an activating group) is 1. The Morgan fingerprint density at radius 2 is 1.94 bits per heavy atom. The molecule has 0 aliphatic carbocycles. The third kappa shape index (κ3) is 2.69. The summed E-state index contributed by atoms with van der Waals surface area (Å²) in [5, 5.41) is 8.96. The quantitative estimate of drug-likeness (QED) is 0.855. The molecular weight excluding hydrogens is 260 g/mol. The van der Waals surface area contributed by atoms with Crippen molar-refractivity contribution in [1.29, 1.82) is 0 Å². The zero-order valence-electron chi connectivity index (χ0n) is 9.66. The van der Waals surface area contributed by atoms with Crippen LogP contribution in [-0.2, 0) is 16.6 Å². The first-order valence-electron chi connectivity index (χ1n) is 5.42. The molecule has 7 heteroatoms. The SMILES string of the molecule is CN1CCN(S(=O)(=O)c2ccc(CO)s2)CC1. The third-order valence-electron chi connectivity index (χ3n) is 2.85. The second-order valence-electron chi connectivity index (χ2n) is 4.09. The number of nitrogens with zero attached hydrogens (tertiary/aromatic N) is 2. The Morgan fingerprint density at radius 3 is 2.47 bits per heavy atom. The van der Waals surface area contributed by atoms with E-state index < -0.39 is 10.0 Å². The smallest absolute Gasteiger partial charge is 0.252 e. The number of piperazine rings is 1. The topological polar surface area (TPSA) is 60.9 Å². The minimum Gasteiger partial charge on any atom is -0.391 e. The van der Waals surface area contributed by atoms with Crippen LogP contribution in [0.25, 0.3) is 0 Å². The summed E-state index contributed by atoms with van der Waals surface area (Å²) in [5.74, 6) is 0. The lowest BCUT2D eigenvalue weighted by Crippen LogP contribution is -2.46. The van der Waals surface area contributed by atoms with E-state index in [2.05, 4.69) is 4.90 Å². The zero-order valence-corrected chi connectivity index (χ0v) is 11.3. The van der Waals surface area contributed by atoms with Crippen LogP contribution in [0, 0.1) is 0 Å². The van der Waals surface area contributed by atoms with Gasteiger partial charge in [0.15, 0.2) is 0 Å². The maximum absolute atomic E-state index is 12.3. The molecule has 96 valence electrons. The highest BCUT2D eigenvalue weighted by Gasteiger charge is 2.28. The Balaban J connectivity index is 2.18. The summed E-state index contributed by atoms with van der Waals surface area (Å²) in [6.45, 7) is 2.48. The van der Waals surface area contributed by atoms with Crippen molar-refractivity contribution < 1.29 is 13.5 Å². The van der Waals surface area contributed by atoms with Gasteiger partial charge in [0.2, 0.25) is 0 Å². The van der Waals surface area contributed by atoms with E-state index in [1.807, 2.05) is 7.05 Å². The molecule has 17 heavy (non-hydrogen) atoms. The Kier molecular flexibility index (Phi) is 3.84. The molecule has 0 radical (unpaired) electrons. The molecule has 0 spiro atoms. The minimum absolute atomic E-state index is 0.108. The van der Waals surface area contributed by atoms with E-state index in [0.29, 0.717) is 22.2 Å². The average Bonchev–Trinajstić information content (AvgIpc) is 2.78. The number of rotatable bonds is 3. The molecule has 0 aromatic carbocycles. The normalized spacial score (nSPS) is 19.6. The molecule has 0 amide bonds. The molecule has 0 unspecified atom stereocenters. The lowest BCUT2D eigenvalue weighted by Gasteiger charge is -2.31. The fraction of sp³-hybridized carbons (Fsp3) is 0.600. The molecule has 0 saturated carbocycles. The van der Waals surface area contributed by atoms with Crippen LogP contribution in [0.15, 0.2) is 16.3 Å². The number of hydrogen-bond acceptors (Lipinski definition) is 5. The van der Waals surface area contributed by atoms with Crippen LogP contribution in [0.2, 0.25) is 0 Å². The van der Waals surface area contributed by atoms with Crippen molar-refractivity contribution in [3.63, 3.8) is 0 Å². The Morgan fingerprint density at radius 1 is 1.29 bits per heavy atom. The number of aliphatic hydroxyl groups excluding tert-OH is 1. The van der Waals surface area contributed by atoms with Crippen LogP contribution < -0.4 is 0 Å². The van der Waals surface area contributed by atoms with Crippen LogP contribution in [0.1, 0.15) is 4.88 Å². The van der Waals surface area contributed by atoms with Gasteiger partial charge < -0.3 is 10.0 Å². The highest BCUT2D eigenvalue weighted by atomic mass is 32.2. The lowest BCUT2D eigenvalue weighted by atomic mass is 10.4. The molecule has 1 aromatic heterocycles. The predicted molar refractivity (Wildman–Crippen MR) is 66.5 cm³/mol. The van der Waals surface area contributed by atoms with Gasteiger partial charge in [-0.1, -0.05) is 0 Å². The van der Waals surface area contributed by atoms with E-state index in [1.165, 1.54) is 4.31 Å². The molecular formula is C10H16N2O3S2. The Bertz CT molecular complexity index is 475. The fourth-order valence-corrected chi connectivity index (χ4v) is 4.53. The van der Waals surface area contributed by atoms with Crippen molar-refractivity contribution in [3.8, 4) is 0 Å². The summed E-state index contributed by atoms with van der Waals surface area (Å²) in [6, 6.07) is 3.23. The molecule has 2 heterocycles. The Labute approximate surface area is 105 Å². The maximum Gasteiger partial charge on any atom is 0.252 e. The predicted octanol–water partition coefficient (Wildman–Crippen LogP) is 0.176. The first kappa shape index (κ1) is 13.0. The summed E-state index contributed by atoms with van der Waals surface area (Å²) in [4.78, 5) is 2.79. The molecule has 1 aliphatic heterocycles. The van der Waals surface area contributed by atoms with Gasteiger partial charge >= 0.3 is 0 Å². The van der Waals surface area contributed by atoms with Crippen molar-refractivity contribution >= 4 is 21.4 Å². The van der Waals surface area contributed by atoms with Crippen molar-refractivity contribution in [3.05, 3.63) is 17.0 Å². The Hall–Kier alpha value is -0.470. The first-order chi connectivity index (χ1) is 8.04. The summed E-state index contributed by atoms with van der Waals surface area (Å²) >= 11 is 1.14. The molecule has 1 aromatic rings. The number of sulfonamides is 1. The van der Waals surface area contributed by atoms with Crippen molar-refractivity contribution in [1.82, 2.24) is 9.21 Å². The highest BCUT2D eigenvalue weighted by Crippen LogP contribution is 2.25. The fourth-order valence-electron chi connectivity index (χ4n) is 1.74. The van der Waals surface area contributed by atoms with Crippen molar-refractivity contribution in [2.75, 3.05) is 33.2 Å². The second kappa shape index (κ2) is 5.03. The molecule has 1 N–H and O–H groups in total. The van der Waals surface area contributed by atoms with E-state index >= 15 is 0 Å². The highest BCUT2D eigenvalue weighted by molar-refractivity contribution is 7.91. The van der Waals surface area contributed by atoms with Gasteiger partial charge in [0.1, 0.15) is 4.21 Å². The van der Waals surface area contributed by atoms with Crippen LogP contribution >= 0.6 is 11.3 Å². The van der Waals surface area contributed by atoms with Gasteiger partial charge in [-0.15, -0.1) is 11.3 Å². The van der Waals surface area contributed by atoms with Gasteiger partial charge in [-0.2, -0.15) is 4.31 Å². The third-order valence-corrected chi connectivity index (χ3v) is 6.29. The monoisotopic (exact) mass is 276 g/mol. The number of hydrogen-bond donors (Lipinski definition) is 1. The van der Waals surface area contributed by atoms with Gasteiger partial charge in [0.05, 0.1) is 6.61 Å². The average molecular weight is 276 g/mol. The van der Waals surface area contributed by atoms with E-state index in [-0.39, 0.29) is 6.61 Å². The van der Waals surface area contributed by atoms with Gasteiger partial charge in [-0.25, -0.2) is 8.42 Å². The summed E-state index contributed by atoms with van der Waals surface area (Å²) in [5.41, 5.74) is 0. The first-order valence-corrected chi connectivity index (χ1v) is 7.68. The van der Waals surface area contributed by atoms with Crippen LogP contribution in [0.4, 0.5) is 0 Å². The molecule has 0 bridgehead atoms. The van der Waals surface area contributed by atoms with Gasteiger partial charge in [0.25, 0.3) is 10.0 Å². The lowest BCUT2D eigenvalue weighted by molar-refractivity contribution is 0.222. The zero-order chi connectivity index (χ0) is 12.5. The second-order valence-corrected chi connectivity index (χ2v) is 7.42. The van der Waals surface area contributed by atoms with Crippen LogP contribution in [0.3, 0.4) is 0 Å². The van der Waals surface area contributed by atoms with Crippen molar-refractivity contribution in [2.24, 2.45) is 0 Å². The van der Waals surface area contributed by atoms with Crippen LogP contribution in [-0.4, -0.2) is 56.0 Å². The number of aliphatic hydroxyl groups is 1. The standard InChI is InChI=1S/C10H16N2O3S2/c1-11-4-6-12(7-5-11)17(14,15)10-3-2-9(8-13)16-10/h2-3,13H,4-8H2,1H3. The van der Waals surface area contributed by atoms with Crippen LogP contribution in [0.5, 0.6) is 0 Å². The molecule has 1 fully saturated rings. The van der Waals surface area contributed by atoms with E-state index in [9.17, 15) is 8.42 Å². The molecule has 1 aliphatic rings. The minimum atomic E-state index is -3.36. The maximum atomic E-state index is 12.3. The van der Waals surface area contributed by atoms with Gasteiger partial charge in [0, 0.05) is 31.1 Å². The largest absolute Gasteiger partial charge is 0.391 e. The number of thiophene rings is 1. The summed E-state index contributed by atoms with van der Waals surface area (Å²) < 4.78 is 26.4.